The summed E-state index contributed by atoms with van der Waals surface area (Å²) in [5.74, 6) is 0.678. The number of benzene rings is 1. The van der Waals surface area contributed by atoms with Crippen LogP contribution in [0.1, 0.15) is 47.9 Å². The van der Waals surface area contributed by atoms with Gasteiger partial charge < -0.3 is 5.73 Å². The number of aryl methyl sites for hydroxylation is 2. The molecular weight excluding hydrogens is 252 g/mol. The van der Waals surface area contributed by atoms with Gasteiger partial charge in [0, 0.05) is 5.92 Å². The van der Waals surface area contributed by atoms with E-state index in [0.29, 0.717) is 5.92 Å². The van der Waals surface area contributed by atoms with E-state index in [-0.39, 0.29) is 0 Å². The second kappa shape index (κ2) is 5.74. The zero-order valence-electron chi connectivity index (χ0n) is 11.1. The van der Waals surface area contributed by atoms with Crippen molar-refractivity contribution in [3.05, 3.63) is 46.6 Å². The van der Waals surface area contributed by atoms with Gasteiger partial charge in [-0.05, 0) is 31.2 Å². The highest BCUT2D eigenvalue weighted by molar-refractivity contribution is 7.15. The highest BCUT2D eigenvalue weighted by Crippen LogP contribution is 2.38. The normalized spacial score (nSPS) is 16.0. The fraction of sp³-hybridized carbons (Fsp3) is 0.438. The highest BCUT2D eigenvalue weighted by atomic mass is 32.1. The van der Waals surface area contributed by atoms with Crippen LogP contribution in [0.3, 0.4) is 0 Å². The molecule has 1 aromatic heterocycles. The van der Waals surface area contributed by atoms with E-state index in [0.717, 1.165) is 23.5 Å². The molecule has 0 bridgehead atoms. The van der Waals surface area contributed by atoms with Crippen molar-refractivity contribution in [2.45, 2.75) is 44.4 Å². The van der Waals surface area contributed by atoms with Crippen molar-refractivity contribution in [2.75, 3.05) is 5.73 Å². The standard InChI is InChI=1S/C16H20N2S/c17-15-14(11-10-12-6-2-1-3-7-12)18-16(19-15)13-8-4-5-9-13/h1-3,6-7,13H,4-5,8-11,17H2. The molecule has 2 aromatic rings. The van der Waals surface area contributed by atoms with Crippen molar-refractivity contribution in [3.8, 4) is 0 Å². The third-order valence-electron chi connectivity index (χ3n) is 3.94. The second-order valence-electron chi connectivity index (χ2n) is 5.33. The zero-order valence-corrected chi connectivity index (χ0v) is 12.0. The average Bonchev–Trinajstić information content (AvgIpc) is 3.07. The van der Waals surface area contributed by atoms with Crippen LogP contribution in [0, 0.1) is 0 Å². The molecule has 0 aliphatic heterocycles. The lowest BCUT2D eigenvalue weighted by Gasteiger charge is -2.02. The number of nitrogens with two attached hydrogens (primary N) is 1. The third kappa shape index (κ3) is 2.98. The Morgan fingerprint density at radius 3 is 2.58 bits per heavy atom. The molecule has 0 amide bonds. The lowest BCUT2D eigenvalue weighted by molar-refractivity contribution is 0.710. The summed E-state index contributed by atoms with van der Waals surface area (Å²) in [7, 11) is 0. The van der Waals surface area contributed by atoms with Gasteiger partial charge in [-0.2, -0.15) is 0 Å². The summed E-state index contributed by atoms with van der Waals surface area (Å²) >= 11 is 1.71. The van der Waals surface area contributed by atoms with Crippen LogP contribution in [0.25, 0.3) is 0 Å². The molecular formula is C16H20N2S. The SMILES string of the molecule is Nc1sc(C2CCCC2)nc1CCc1ccccc1. The minimum absolute atomic E-state index is 0.678. The molecule has 1 saturated carbocycles. The monoisotopic (exact) mass is 272 g/mol. The number of aromatic nitrogens is 1. The Morgan fingerprint density at radius 2 is 1.84 bits per heavy atom. The number of rotatable bonds is 4. The van der Waals surface area contributed by atoms with Crippen LogP contribution < -0.4 is 5.73 Å². The Morgan fingerprint density at radius 1 is 1.11 bits per heavy atom. The topological polar surface area (TPSA) is 38.9 Å². The number of anilines is 1. The quantitative estimate of drug-likeness (QED) is 0.907. The van der Waals surface area contributed by atoms with Crippen molar-refractivity contribution < 1.29 is 0 Å². The molecule has 1 heterocycles. The van der Waals surface area contributed by atoms with E-state index in [2.05, 4.69) is 30.3 Å². The van der Waals surface area contributed by atoms with Gasteiger partial charge in [-0.3, -0.25) is 0 Å². The summed E-state index contributed by atoms with van der Waals surface area (Å²) in [6.45, 7) is 0. The summed E-state index contributed by atoms with van der Waals surface area (Å²) in [6.07, 6.45) is 7.28. The van der Waals surface area contributed by atoms with Crippen molar-refractivity contribution in [3.63, 3.8) is 0 Å². The predicted octanol–water partition coefficient (Wildman–Crippen LogP) is 4.17. The molecule has 100 valence electrons. The van der Waals surface area contributed by atoms with Gasteiger partial charge in [-0.15, -0.1) is 11.3 Å². The summed E-state index contributed by atoms with van der Waals surface area (Å²) in [5.41, 5.74) is 8.59. The van der Waals surface area contributed by atoms with Crippen LogP contribution in [-0.4, -0.2) is 4.98 Å². The van der Waals surface area contributed by atoms with E-state index in [1.54, 1.807) is 11.3 Å². The summed E-state index contributed by atoms with van der Waals surface area (Å²) in [5, 5.41) is 2.20. The third-order valence-corrected chi connectivity index (χ3v) is 5.03. The van der Waals surface area contributed by atoms with Gasteiger partial charge >= 0.3 is 0 Å². The Kier molecular flexibility index (Phi) is 3.83. The molecule has 0 radical (unpaired) electrons. The van der Waals surface area contributed by atoms with Gasteiger partial charge in [0.25, 0.3) is 0 Å². The van der Waals surface area contributed by atoms with Gasteiger partial charge in [0.2, 0.25) is 0 Å². The average molecular weight is 272 g/mol. The first-order chi connectivity index (χ1) is 9.33. The number of thiazole rings is 1. The maximum Gasteiger partial charge on any atom is 0.109 e. The van der Waals surface area contributed by atoms with Crippen LogP contribution in [0.2, 0.25) is 0 Å². The fourth-order valence-electron chi connectivity index (χ4n) is 2.82. The largest absolute Gasteiger partial charge is 0.389 e. The molecule has 3 heteroatoms. The van der Waals surface area contributed by atoms with Gasteiger partial charge in [-0.1, -0.05) is 43.2 Å². The molecule has 0 atom stereocenters. The van der Waals surface area contributed by atoms with E-state index in [9.17, 15) is 0 Å². The zero-order chi connectivity index (χ0) is 13.1. The van der Waals surface area contributed by atoms with E-state index in [1.165, 1.54) is 36.3 Å². The maximum absolute atomic E-state index is 6.13. The van der Waals surface area contributed by atoms with Crippen molar-refractivity contribution in [1.82, 2.24) is 4.98 Å². The first kappa shape index (κ1) is 12.7. The number of nitrogens with zero attached hydrogens (tertiary/aromatic N) is 1. The van der Waals surface area contributed by atoms with Crippen molar-refractivity contribution in [2.24, 2.45) is 0 Å². The van der Waals surface area contributed by atoms with Crippen LogP contribution in [0.4, 0.5) is 5.00 Å². The van der Waals surface area contributed by atoms with Crippen LogP contribution in [-0.2, 0) is 12.8 Å². The van der Waals surface area contributed by atoms with Crippen molar-refractivity contribution >= 4 is 16.3 Å². The van der Waals surface area contributed by atoms with Gasteiger partial charge in [0.05, 0.1) is 10.7 Å². The predicted molar refractivity (Wildman–Crippen MR) is 81.6 cm³/mol. The smallest absolute Gasteiger partial charge is 0.109 e. The number of hydrogen-bond acceptors (Lipinski definition) is 3. The molecule has 0 unspecified atom stereocenters. The summed E-state index contributed by atoms with van der Waals surface area (Å²) < 4.78 is 0. The molecule has 1 aliphatic rings. The maximum atomic E-state index is 6.13. The first-order valence-electron chi connectivity index (χ1n) is 7.12. The highest BCUT2D eigenvalue weighted by Gasteiger charge is 2.21. The molecule has 19 heavy (non-hydrogen) atoms. The molecule has 0 spiro atoms. The lowest BCUT2D eigenvalue weighted by Crippen LogP contribution is -1.96. The Hall–Kier alpha value is -1.35. The first-order valence-corrected chi connectivity index (χ1v) is 7.93. The summed E-state index contributed by atoms with van der Waals surface area (Å²) in [6, 6.07) is 10.6. The van der Waals surface area contributed by atoms with Crippen LogP contribution in [0.15, 0.2) is 30.3 Å². The molecule has 3 rings (SSSR count). The number of nitrogen functional groups attached to an aromatic ring is 1. The van der Waals surface area contributed by atoms with Crippen LogP contribution in [0.5, 0.6) is 0 Å². The Labute approximate surface area is 118 Å². The van der Waals surface area contributed by atoms with Crippen molar-refractivity contribution in [1.29, 1.82) is 0 Å². The number of hydrogen-bond donors (Lipinski definition) is 1. The molecule has 0 saturated heterocycles. The minimum Gasteiger partial charge on any atom is -0.389 e. The summed E-state index contributed by atoms with van der Waals surface area (Å²) in [4.78, 5) is 4.80. The van der Waals surface area contributed by atoms with E-state index in [4.69, 9.17) is 10.7 Å². The molecule has 2 nitrogen and oxygen atoms in total. The minimum atomic E-state index is 0.678. The van der Waals surface area contributed by atoms with E-state index < -0.39 is 0 Å². The van der Waals surface area contributed by atoms with Gasteiger partial charge in [0.1, 0.15) is 5.00 Å². The second-order valence-corrected chi connectivity index (χ2v) is 6.39. The van der Waals surface area contributed by atoms with Gasteiger partial charge in [0.15, 0.2) is 0 Å². The Balaban J connectivity index is 1.67. The molecule has 1 aromatic carbocycles. The van der Waals surface area contributed by atoms with Gasteiger partial charge in [-0.25, -0.2) is 4.98 Å². The molecule has 1 aliphatic carbocycles. The van der Waals surface area contributed by atoms with Crippen LogP contribution >= 0.6 is 11.3 Å². The van der Waals surface area contributed by atoms with E-state index >= 15 is 0 Å². The molecule has 1 fully saturated rings. The Bertz CT molecular complexity index is 527. The fourth-order valence-corrected chi connectivity index (χ4v) is 3.87. The van der Waals surface area contributed by atoms with E-state index in [1.807, 2.05) is 0 Å². The molecule has 2 N–H and O–H groups in total. The lowest BCUT2D eigenvalue weighted by atomic mass is 10.1.